The number of hydrogen-bond donors (Lipinski definition) is 2. The van der Waals surface area contributed by atoms with E-state index in [1.54, 1.807) is 19.1 Å². The van der Waals surface area contributed by atoms with Crippen LogP contribution in [0.4, 0.5) is 10.5 Å². The molecule has 1 aromatic carbocycles. The average Bonchev–Trinajstić information content (AvgIpc) is 2.35. The van der Waals surface area contributed by atoms with Gasteiger partial charge in [-0.1, -0.05) is 6.07 Å². The number of aliphatic carboxylic acids is 1. The highest BCUT2D eigenvalue weighted by molar-refractivity contribution is 5.92. The summed E-state index contributed by atoms with van der Waals surface area (Å²) in [4.78, 5) is 23.8. The van der Waals surface area contributed by atoms with Crippen molar-refractivity contribution in [1.29, 1.82) is 0 Å². The maximum Gasteiger partial charge on any atom is 0.323 e. The molecule has 1 aromatic rings. The van der Waals surface area contributed by atoms with E-state index < -0.39 is 12.0 Å². The molecule has 0 radical (unpaired) electrons. The molecule has 0 atom stereocenters. The summed E-state index contributed by atoms with van der Waals surface area (Å²) in [6.07, 6.45) is 0. The van der Waals surface area contributed by atoms with Gasteiger partial charge in [-0.2, -0.15) is 0 Å². The Morgan fingerprint density at radius 3 is 2.63 bits per heavy atom. The molecular formula is C13H18N2O4. The fourth-order valence-corrected chi connectivity index (χ4v) is 1.60. The second kappa shape index (κ2) is 6.63. The van der Waals surface area contributed by atoms with Gasteiger partial charge in [0, 0.05) is 6.54 Å². The number of methoxy groups -OCH3 is 1. The van der Waals surface area contributed by atoms with Gasteiger partial charge in [-0.05, 0) is 31.5 Å². The van der Waals surface area contributed by atoms with Gasteiger partial charge in [0.05, 0.1) is 12.8 Å². The zero-order valence-electron chi connectivity index (χ0n) is 11.3. The minimum absolute atomic E-state index is 0.312. The molecule has 6 nitrogen and oxygen atoms in total. The lowest BCUT2D eigenvalue weighted by molar-refractivity contribution is -0.137. The van der Waals surface area contributed by atoms with Crippen molar-refractivity contribution in [3.05, 3.63) is 23.8 Å². The third kappa shape index (κ3) is 4.17. The van der Waals surface area contributed by atoms with Crippen LogP contribution in [0.2, 0.25) is 0 Å². The fraction of sp³-hybridized carbons (Fsp3) is 0.385. The van der Waals surface area contributed by atoms with E-state index in [1.807, 2.05) is 13.0 Å². The van der Waals surface area contributed by atoms with Crippen LogP contribution in [-0.2, 0) is 4.79 Å². The number of nitrogens with one attached hydrogen (secondary N) is 1. The molecular weight excluding hydrogens is 248 g/mol. The van der Waals surface area contributed by atoms with Crippen LogP contribution < -0.4 is 10.1 Å². The number of carbonyl (C=O) groups is 2. The smallest absolute Gasteiger partial charge is 0.323 e. The van der Waals surface area contributed by atoms with Gasteiger partial charge in [0.25, 0.3) is 0 Å². The molecule has 0 heterocycles. The van der Waals surface area contributed by atoms with E-state index >= 15 is 0 Å². The van der Waals surface area contributed by atoms with Gasteiger partial charge < -0.3 is 20.1 Å². The molecule has 0 unspecified atom stereocenters. The molecule has 2 amide bonds. The lowest BCUT2D eigenvalue weighted by atomic mass is 10.2. The zero-order chi connectivity index (χ0) is 14.4. The molecule has 0 aliphatic rings. The van der Waals surface area contributed by atoms with Crippen molar-refractivity contribution in [2.45, 2.75) is 13.8 Å². The summed E-state index contributed by atoms with van der Waals surface area (Å²) >= 11 is 0. The lowest BCUT2D eigenvalue weighted by Crippen LogP contribution is -2.38. The number of nitrogens with zero attached hydrogens (tertiary/aromatic N) is 1. The molecule has 0 saturated heterocycles. The largest absolute Gasteiger partial charge is 0.495 e. The molecule has 0 saturated carbocycles. The van der Waals surface area contributed by atoms with Crippen LogP contribution in [0.1, 0.15) is 12.5 Å². The summed E-state index contributed by atoms with van der Waals surface area (Å²) in [5.41, 5.74) is 1.49. The first-order valence-corrected chi connectivity index (χ1v) is 5.90. The number of urea groups is 1. The van der Waals surface area contributed by atoms with Gasteiger partial charge in [-0.15, -0.1) is 0 Å². The lowest BCUT2D eigenvalue weighted by Gasteiger charge is -2.20. The normalized spacial score (nSPS) is 9.84. The molecule has 0 spiro atoms. The van der Waals surface area contributed by atoms with Crippen LogP contribution in [0.3, 0.4) is 0 Å². The van der Waals surface area contributed by atoms with Crippen molar-refractivity contribution >= 4 is 17.7 Å². The Bertz CT molecular complexity index is 474. The van der Waals surface area contributed by atoms with Gasteiger partial charge in [-0.3, -0.25) is 4.79 Å². The molecule has 0 aromatic heterocycles. The summed E-state index contributed by atoms with van der Waals surface area (Å²) in [6.45, 7) is 3.59. The Labute approximate surface area is 112 Å². The summed E-state index contributed by atoms with van der Waals surface area (Å²) in [5.74, 6) is -0.515. The number of benzene rings is 1. The Morgan fingerprint density at radius 1 is 1.42 bits per heavy atom. The standard InChI is InChI=1S/C13H18N2O4/c1-4-15(8-12(16)17)13(18)14-10-7-9(2)5-6-11(10)19-3/h5-7H,4,8H2,1-3H3,(H,14,18)(H,16,17). The van der Waals surface area contributed by atoms with Crippen LogP contribution >= 0.6 is 0 Å². The molecule has 6 heteroatoms. The van der Waals surface area contributed by atoms with Crippen LogP contribution in [0.15, 0.2) is 18.2 Å². The van der Waals surface area contributed by atoms with Gasteiger partial charge in [0.1, 0.15) is 12.3 Å². The Balaban J connectivity index is 2.85. The van der Waals surface area contributed by atoms with Crippen LogP contribution in [0.5, 0.6) is 5.75 Å². The number of amides is 2. The topological polar surface area (TPSA) is 78.9 Å². The number of hydrogen-bond acceptors (Lipinski definition) is 3. The maximum atomic E-state index is 12.0. The average molecular weight is 266 g/mol. The van der Waals surface area contributed by atoms with Crippen LogP contribution in [0.25, 0.3) is 0 Å². The van der Waals surface area contributed by atoms with Crippen molar-refractivity contribution in [3.8, 4) is 5.75 Å². The highest BCUT2D eigenvalue weighted by atomic mass is 16.5. The van der Waals surface area contributed by atoms with Gasteiger partial charge >= 0.3 is 12.0 Å². The van der Waals surface area contributed by atoms with Gasteiger partial charge in [0.2, 0.25) is 0 Å². The molecule has 0 aliphatic carbocycles. The second-order valence-corrected chi connectivity index (χ2v) is 4.04. The van der Waals surface area contributed by atoms with E-state index in [-0.39, 0.29) is 6.54 Å². The monoisotopic (exact) mass is 266 g/mol. The number of carbonyl (C=O) groups excluding carboxylic acids is 1. The molecule has 2 N–H and O–H groups in total. The van der Waals surface area contributed by atoms with Crippen LogP contribution in [-0.4, -0.2) is 42.2 Å². The number of carboxylic acid groups (broad SMARTS) is 1. The molecule has 0 aliphatic heterocycles. The third-order valence-corrected chi connectivity index (χ3v) is 2.59. The molecule has 1 rings (SSSR count). The highest BCUT2D eigenvalue weighted by Gasteiger charge is 2.16. The summed E-state index contributed by atoms with van der Waals surface area (Å²) < 4.78 is 5.15. The van der Waals surface area contributed by atoms with E-state index in [1.165, 1.54) is 12.0 Å². The molecule has 19 heavy (non-hydrogen) atoms. The van der Waals surface area contributed by atoms with Crippen molar-refractivity contribution in [1.82, 2.24) is 4.90 Å². The first kappa shape index (κ1) is 14.8. The van der Waals surface area contributed by atoms with E-state index in [0.29, 0.717) is 18.0 Å². The summed E-state index contributed by atoms with van der Waals surface area (Å²) in [5, 5.41) is 11.4. The third-order valence-electron chi connectivity index (χ3n) is 2.59. The predicted molar refractivity (Wildman–Crippen MR) is 71.6 cm³/mol. The first-order valence-electron chi connectivity index (χ1n) is 5.90. The van der Waals surface area contributed by atoms with Crippen molar-refractivity contribution in [2.24, 2.45) is 0 Å². The number of rotatable bonds is 5. The highest BCUT2D eigenvalue weighted by Crippen LogP contribution is 2.25. The van der Waals surface area contributed by atoms with E-state index in [4.69, 9.17) is 9.84 Å². The molecule has 0 fully saturated rings. The van der Waals surface area contributed by atoms with Crippen LogP contribution in [0, 0.1) is 6.92 Å². The van der Waals surface area contributed by atoms with Gasteiger partial charge in [-0.25, -0.2) is 4.79 Å². The Hall–Kier alpha value is -2.24. The Kier molecular flexibility index (Phi) is 5.17. The molecule has 0 bridgehead atoms. The van der Waals surface area contributed by atoms with Gasteiger partial charge in [0.15, 0.2) is 0 Å². The predicted octanol–water partition coefficient (Wildman–Crippen LogP) is 1.94. The summed E-state index contributed by atoms with van der Waals surface area (Å²) in [6, 6.07) is 4.92. The van der Waals surface area contributed by atoms with E-state index in [2.05, 4.69) is 5.32 Å². The quantitative estimate of drug-likeness (QED) is 0.853. The number of anilines is 1. The maximum absolute atomic E-state index is 12.0. The zero-order valence-corrected chi connectivity index (χ0v) is 11.3. The second-order valence-electron chi connectivity index (χ2n) is 4.04. The van der Waals surface area contributed by atoms with Crippen molar-refractivity contribution in [3.63, 3.8) is 0 Å². The number of ether oxygens (including phenoxy) is 1. The van der Waals surface area contributed by atoms with E-state index in [0.717, 1.165) is 5.56 Å². The minimum Gasteiger partial charge on any atom is -0.495 e. The minimum atomic E-state index is -1.05. The van der Waals surface area contributed by atoms with E-state index in [9.17, 15) is 9.59 Å². The summed E-state index contributed by atoms with van der Waals surface area (Å²) in [7, 11) is 1.51. The first-order chi connectivity index (χ1) is 8.97. The SMILES string of the molecule is CCN(CC(=O)O)C(=O)Nc1cc(C)ccc1OC. The number of carboxylic acids is 1. The number of aryl methyl sites for hydroxylation is 1. The molecule has 104 valence electrons. The fourth-order valence-electron chi connectivity index (χ4n) is 1.60. The number of likely N-dealkylation sites (N-methyl/N-ethyl adjacent to an activating group) is 1. The van der Waals surface area contributed by atoms with Crippen molar-refractivity contribution in [2.75, 3.05) is 25.5 Å². The Morgan fingerprint density at radius 2 is 2.11 bits per heavy atom. The van der Waals surface area contributed by atoms with Crippen molar-refractivity contribution < 1.29 is 19.4 Å².